The number of aryl methyl sites for hydroxylation is 2. The fourth-order valence-electron chi connectivity index (χ4n) is 2.67. The van der Waals surface area contributed by atoms with E-state index in [1.54, 1.807) is 0 Å². The van der Waals surface area contributed by atoms with Crippen LogP contribution in [0.5, 0.6) is 0 Å². The maximum atomic E-state index is 5.83. The summed E-state index contributed by atoms with van der Waals surface area (Å²) in [5.74, 6) is 0.706. The standard InChI is InChI=1S/C15H23N3S/c1-9(2)15(5-6-15)8-17-12-7-10(3)18-11(4)13(12)14(16)19/h7,9H,5-6,8H2,1-4H3,(H2,16,19)(H,17,18). The molecule has 3 N–H and O–H groups in total. The van der Waals surface area contributed by atoms with E-state index in [0.717, 1.165) is 29.2 Å². The molecule has 0 aliphatic heterocycles. The zero-order chi connectivity index (χ0) is 14.2. The topological polar surface area (TPSA) is 50.9 Å². The summed E-state index contributed by atoms with van der Waals surface area (Å²) < 4.78 is 0. The number of rotatable bonds is 5. The molecule has 0 atom stereocenters. The molecule has 0 radical (unpaired) electrons. The van der Waals surface area contributed by atoms with Gasteiger partial charge in [-0.05, 0) is 44.1 Å². The molecule has 104 valence electrons. The monoisotopic (exact) mass is 277 g/mol. The largest absolute Gasteiger partial charge is 0.389 e. The number of pyridine rings is 1. The highest BCUT2D eigenvalue weighted by molar-refractivity contribution is 7.80. The van der Waals surface area contributed by atoms with Gasteiger partial charge in [-0.1, -0.05) is 26.1 Å². The third-order valence-corrected chi connectivity index (χ3v) is 4.53. The highest BCUT2D eigenvalue weighted by Crippen LogP contribution is 2.51. The van der Waals surface area contributed by atoms with Gasteiger partial charge in [0.15, 0.2) is 0 Å². The lowest BCUT2D eigenvalue weighted by molar-refractivity contribution is 0.380. The quantitative estimate of drug-likeness (QED) is 0.812. The summed E-state index contributed by atoms with van der Waals surface area (Å²) in [6.45, 7) is 9.54. The number of anilines is 1. The number of nitrogens with zero attached hydrogens (tertiary/aromatic N) is 1. The van der Waals surface area contributed by atoms with Crippen molar-refractivity contribution < 1.29 is 0 Å². The highest BCUT2D eigenvalue weighted by atomic mass is 32.1. The SMILES string of the molecule is Cc1cc(NCC2(C(C)C)CC2)c(C(N)=S)c(C)n1. The van der Waals surface area contributed by atoms with Crippen LogP contribution in [0.3, 0.4) is 0 Å². The first kappa shape index (κ1) is 14.3. The van der Waals surface area contributed by atoms with E-state index in [4.69, 9.17) is 18.0 Å². The summed E-state index contributed by atoms with van der Waals surface area (Å²) in [6.07, 6.45) is 2.62. The van der Waals surface area contributed by atoms with Crippen LogP contribution >= 0.6 is 12.2 Å². The number of hydrogen-bond acceptors (Lipinski definition) is 3. The molecule has 1 saturated carbocycles. The first-order valence-corrected chi connectivity index (χ1v) is 7.28. The van der Waals surface area contributed by atoms with E-state index in [2.05, 4.69) is 24.1 Å². The van der Waals surface area contributed by atoms with E-state index < -0.39 is 0 Å². The lowest BCUT2D eigenvalue weighted by Gasteiger charge is -2.22. The van der Waals surface area contributed by atoms with Crippen molar-refractivity contribution in [1.29, 1.82) is 0 Å². The van der Waals surface area contributed by atoms with E-state index in [1.807, 2.05) is 19.9 Å². The van der Waals surface area contributed by atoms with Crippen LogP contribution in [0.2, 0.25) is 0 Å². The Hall–Kier alpha value is -1.16. The van der Waals surface area contributed by atoms with Crippen LogP contribution in [0.4, 0.5) is 5.69 Å². The Kier molecular flexibility index (Phi) is 3.81. The van der Waals surface area contributed by atoms with Gasteiger partial charge in [0.2, 0.25) is 0 Å². The van der Waals surface area contributed by atoms with Crippen LogP contribution in [-0.4, -0.2) is 16.5 Å². The number of nitrogens with two attached hydrogens (primary N) is 1. The summed E-state index contributed by atoms with van der Waals surface area (Å²) in [6, 6.07) is 2.04. The van der Waals surface area contributed by atoms with Gasteiger partial charge >= 0.3 is 0 Å². The molecule has 1 fully saturated rings. The summed E-state index contributed by atoms with van der Waals surface area (Å²) in [4.78, 5) is 4.86. The molecule has 0 saturated heterocycles. The zero-order valence-corrected chi connectivity index (χ0v) is 13.0. The summed E-state index contributed by atoms with van der Waals surface area (Å²) in [5, 5.41) is 3.55. The van der Waals surface area contributed by atoms with E-state index in [9.17, 15) is 0 Å². The number of hydrogen-bond donors (Lipinski definition) is 2. The molecule has 0 spiro atoms. The second-order valence-corrected chi connectivity index (χ2v) is 6.45. The van der Waals surface area contributed by atoms with Gasteiger partial charge in [-0.15, -0.1) is 0 Å². The van der Waals surface area contributed by atoms with E-state index in [0.29, 0.717) is 16.3 Å². The predicted molar refractivity (Wildman–Crippen MR) is 84.6 cm³/mol. The van der Waals surface area contributed by atoms with Crippen LogP contribution in [0.1, 0.15) is 43.6 Å². The molecule has 0 aromatic carbocycles. The molecule has 0 amide bonds. The van der Waals surface area contributed by atoms with Crippen molar-refractivity contribution in [2.24, 2.45) is 17.1 Å². The molecule has 0 bridgehead atoms. The predicted octanol–water partition coefficient (Wildman–Crippen LogP) is 3.18. The molecule has 1 aromatic heterocycles. The van der Waals surface area contributed by atoms with Gasteiger partial charge < -0.3 is 11.1 Å². The average molecular weight is 277 g/mol. The first-order valence-electron chi connectivity index (χ1n) is 6.87. The van der Waals surface area contributed by atoms with Crippen LogP contribution < -0.4 is 11.1 Å². The maximum absolute atomic E-state index is 5.83. The summed E-state index contributed by atoms with van der Waals surface area (Å²) in [5.41, 5.74) is 10.1. The van der Waals surface area contributed by atoms with Crippen molar-refractivity contribution in [1.82, 2.24) is 4.98 Å². The lowest BCUT2D eigenvalue weighted by atomic mass is 9.92. The van der Waals surface area contributed by atoms with Crippen molar-refractivity contribution >= 4 is 22.9 Å². The molecule has 1 aliphatic rings. The smallest absolute Gasteiger partial charge is 0.107 e. The number of thiocarbonyl (C=S) groups is 1. The van der Waals surface area contributed by atoms with Crippen molar-refractivity contribution in [2.45, 2.75) is 40.5 Å². The fraction of sp³-hybridized carbons (Fsp3) is 0.600. The summed E-state index contributed by atoms with van der Waals surface area (Å²) >= 11 is 5.15. The summed E-state index contributed by atoms with van der Waals surface area (Å²) in [7, 11) is 0. The van der Waals surface area contributed by atoms with Crippen molar-refractivity contribution in [3.63, 3.8) is 0 Å². The lowest BCUT2D eigenvalue weighted by Crippen LogP contribution is -2.23. The first-order chi connectivity index (χ1) is 8.85. The third-order valence-electron chi connectivity index (χ3n) is 4.32. The Labute approximate surface area is 121 Å². The van der Waals surface area contributed by atoms with Crippen molar-refractivity contribution in [2.75, 3.05) is 11.9 Å². The van der Waals surface area contributed by atoms with Gasteiger partial charge in [0.05, 0.1) is 5.56 Å². The highest BCUT2D eigenvalue weighted by Gasteiger charge is 2.45. The van der Waals surface area contributed by atoms with Crippen LogP contribution in [-0.2, 0) is 0 Å². The van der Waals surface area contributed by atoms with Crippen LogP contribution in [0, 0.1) is 25.2 Å². The van der Waals surface area contributed by atoms with Crippen molar-refractivity contribution in [3.8, 4) is 0 Å². The number of nitrogens with one attached hydrogen (secondary N) is 1. The second-order valence-electron chi connectivity index (χ2n) is 6.01. The number of aromatic nitrogens is 1. The molecule has 1 heterocycles. The van der Waals surface area contributed by atoms with E-state index in [1.165, 1.54) is 12.8 Å². The Morgan fingerprint density at radius 1 is 1.47 bits per heavy atom. The third kappa shape index (κ3) is 2.89. The van der Waals surface area contributed by atoms with Gasteiger partial charge in [-0.3, -0.25) is 4.98 Å². The molecule has 19 heavy (non-hydrogen) atoms. The zero-order valence-electron chi connectivity index (χ0n) is 12.2. The molecule has 3 nitrogen and oxygen atoms in total. The Morgan fingerprint density at radius 3 is 2.58 bits per heavy atom. The molecule has 1 aromatic rings. The normalized spacial score (nSPS) is 16.5. The molecule has 4 heteroatoms. The minimum absolute atomic E-state index is 0.418. The van der Waals surface area contributed by atoms with Crippen LogP contribution in [0.15, 0.2) is 6.07 Å². The van der Waals surface area contributed by atoms with Gasteiger partial charge in [0.25, 0.3) is 0 Å². The molecular weight excluding hydrogens is 254 g/mol. The van der Waals surface area contributed by atoms with Crippen molar-refractivity contribution in [3.05, 3.63) is 23.0 Å². The van der Waals surface area contributed by atoms with Crippen LogP contribution in [0.25, 0.3) is 0 Å². The Bertz CT molecular complexity index is 504. The molecular formula is C15H23N3S. The molecule has 1 aliphatic carbocycles. The van der Waals surface area contributed by atoms with E-state index in [-0.39, 0.29) is 0 Å². The Balaban J connectivity index is 2.22. The Morgan fingerprint density at radius 2 is 2.11 bits per heavy atom. The molecule has 2 rings (SSSR count). The minimum atomic E-state index is 0.418. The van der Waals surface area contributed by atoms with Gasteiger partial charge in [-0.2, -0.15) is 0 Å². The van der Waals surface area contributed by atoms with E-state index >= 15 is 0 Å². The molecule has 0 unspecified atom stereocenters. The van der Waals surface area contributed by atoms with Gasteiger partial charge in [-0.25, -0.2) is 0 Å². The van der Waals surface area contributed by atoms with Gasteiger partial charge in [0, 0.05) is 23.6 Å². The maximum Gasteiger partial charge on any atom is 0.107 e. The van der Waals surface area contributed by atoms with Gasteiger partial charge in [0.1, 0.15) is 4.99 Å². The average Bonchev–Trinajstić information content (AvgIpc) is 3.05. The second kappa shape index (κ2) is 5.08. The fourth-order valence-corrected chi connectivity index (χ4v) is 2.93. The minimum Gasteiger partial charge on any atom is -0.389 e.